The first-order chi connectivity index (χ1) is 9.40. The molecule has 1 atom stereocenters. The van der Waals surface area contributed by atoms with E-state index in [0.29, 0.717) is 5.92 Å². The van der Waals surface area contributed by atoms with E-state index in [0.717, 1.165) is 31.7 Å². The van der Waals surface area contributed by atoms with E-state index in [1.165, 1.54) is 11.1 Å². The van der Waals surface area contributed by atoms with Crippen molar-refractivity contribution >= 4 is 0 Å². The van der Waals surface area contributed by atoms with Gasteiger partial charge in [-0.2, -0.15) is 0 Å². The van der Waals surface area contributed by atoms with Crippen LogP contribution in [0.4, 0.5) is 0 Å². The molecule has 0 aromatic heterocycles. The van der Waals surface area contributed by atoms with Crippen molar-refractivity contribution in [3.05, 3.63) is 29.3 Å². The fraction of sp³-hybridized carbons (Fsp3) is 0.667. The lowest BCUT2D eigenvalue weighted by atomic mass is 9.99. The highest BCUT2D eigenvalue weighted by Gasteiger charge is 2.24. The summed E-state index contributed by atoms with van der Waals surface area (Å²) in [5, 5.41) is 3.47. The third-order valence-corrected chi connectivity index (χ3v) is 3.78. The first-order valence-electron chi connectivity index (χ1n) is 7.91. The van der Waals surface area contributed by atoms with Gasteiger partial charge in [0.2, 0.25) is 0 Å². The van der Waals surface area contributed by atoms with Gasteiger partial charge in [0.05, 0.1) is 0 Å². The average molecular weight is 277 g/mol. The summed E-state index contributed by atoms with van der Waals surface area (Å²) in [6, 6.07) is 6.57. The lowest BCUT2D eigenvalue weighted by molar-refractivity contribution is 0.0836. The smallest absolute Gasteiger partial charge is 0.120 e. The highest BCUT2D eigenvalue weighted by atomic mass is 16.5. The number of ether oxygens (including phenoxy) is 1. The molecule has 1 rings (SSSR count). The summed E-state index contributed by atoms with van der Waals surface area (Å²) in [6.45, 7) is 15.1. The van der Waals surface area contributed by atoms with Gasteiger partial charge in [0.1, 0.15) is 11.4 Å². The van der Waals surface area contributed by atoms with Crippen LogP contribution in [0.1, 0.15) is 64.5 Å². The van der Waals surface area contributed by atoms with Gasteiger partial charge in [-0.25, -0.2) is 0 Å². The quantitative estimate of drug-likeness (QED) is 0.697. The molecule has 0 bridgehead atoms. The third-order valence-electron chi connectivity index (χ3n) is 3.78. The van der Waals surface area contributed by atoms with Gasteiger partial charge >= 0.3 is 0 Å². The van der Waals surface area contributed by atoms with E-state index in [2.05, 4.69) is 65.1 Å². The van der Waals surface area contributed by atoms with Crippen LogP contribution in [0, 0.1) is 6.92 Å². The van der Waals surface area contributed by atoms with Crippen molar-refractivity contribution < 1.29 is 4.74 Å². The van der Waals surface area contributed by atoms with Crippen molar-refractivity contribution in [1.29, 1.82) is 0 Å². The van der Waals surface area contributed by atoms with Crippen LogP contribution in [0.2, 0.25) is 0 Å². The van der Waals surface area contributed by atoms with Gasteiger partial charge in [-0.15, -0.1) is 0 Å². The van der Waals surface area contributed by atoms with Crippen molar-refractivity contribution in [3.63, 3.8) is 0 Å². The topological polar surface area (TPSA) is 21.3 Å². The number of nitrogens with one attached hydrogen (secondary N) is 1. The summed E-state index contributed by atoms with van der Waals surface area (Å²) in [6.07, 6.45) is 2.15. The molecule has 0 aliphatic carbocycles. The van der Waals surface area contributed by atoms with Gasteiger partial charge in [0.15, 0.2) is 0 Å². The molecule has 0 saturated carbocycles. The van der Waals surface area contributed by atoms with E-state index >= 15 is 0 Å². The van der Waals surface area contributed by atoms with Gasteiger partial charge < -0.3 is 10.1 Å². The van der Waals surface area contributed by atoms with Crippen molar-refractivity contribution in [2.24, 2.45) is 0 Å². The Labute approximate surface area is 124 Å². The molecule has 0 radical (unpaired) electrons. The molecular weight excluding hydrogens is 246 g/mol. The molecule has 1 N–H and O–H groups in total. The van der Waals surface area contributed by atoms with Gasteiger partial charge in [-0.1, -0.05) is 33.8 Å². The van der Waals surface area contributed by atoms with Gasteiger partial charge in [0, 0.05) is 6.54 Å². The predicted octanol–water partition coefficient (Wildman–Crippen LogP) is 4.67. The summed E-state index contributed by atoms with van der Waals surface area (Å²) in [7, 11) is 0. The van der Waals surface area contributed by atoms with Crippen LogP contribution in [-0.2, 0) is 0 Å². The minimum absolute atomic E-state index is 0.142. The minimum atomic E-state index is -0.142. The van der Waals surface area contributed by atoms with Crippen LogP contribution in [0.3, 0.4) is 0 Å². The van der Waals surface area contributed by atoms with E-state index in [-0.39, 0.29) is 5.60 Å². The first kappa shape index (κ1) is 17.0. The fourth-order valence-corrected chi connectivity index (χ4v) is 2.22. The molecule has 2 nitrogen and oxygen atoms in total. The number of hydrogen-bond donors (Lipinski definition) is 1. The molecule has 114 valence electrons. The summed E-state index contributed by atoms with van der Waals surface area (Å²) in [5.74, 6) is 1.53. The molecule has 1 aromatic rings. The maximum atomic E-state index is 6.31. The Kier molecular flexibility index (Phi) is 6.54. The highest BCUT2D eigenvalue weighted by molar-refractivity contribution is 5.35. The molecule has 20 heavy (non-hydrogen) atoms. The molecule has 0 fully saturated rings. The molecule has 0 amide bonds. The van der Waals surface area contributed by atoms with Crippen molar-refractivity contribution in [3.8, 4) is 5.75 Å². The van der Waals surface area contributed by atoms with Crippen molar-refractivity contribution in [2.75, 3.05) is 13.1 Å². The average Bonchev–Trinajstić information content (AvgIpc) is 2.38. The molecular formula is C18H31NO. The standard InChI is InChI=1S/C18H31NO/c1-7-9-19-13-18(6,8-2)20-17-11-15(5)10-16(12-17)14(3)4/h10-12,14,19H,7-9,13H2,1-6H3. The molecule has 0 aliphatic heterocycles. The molecule has 1 aromatic carbocycles. The summed E-state index contributed by atoms with van der Waals surface area (Å²) in [4.78, 5) is 0. The van der Waals surface area contributed by atoms with Crippen LogP contribution in [-0.4, -0.2) is 18.7 Å². The summed E-state index contributed by atoms with van der Waals surface area (Å²) < 4.78 is 6.31. The van der Waals surface area contributed by atoms with Crippen LogP contribution in [0.15, 0.2) is 18.2 Å². The Balaban J connectivity index is 2.83. The number of aryl methyl sites for hydroxylation is 1. The minimum Gasteiger partial charge on any atom is -0.486 e. The summed E-state index contributed by atoms with van der Waals surface area (Å²) in [5.41, 5.74) is 2.48. The van der Waals surface area contributed by atoms with Gasteiger partial charge in [-0.05, 0) is 62.4 Å². The summed E-state index contributed by atoms with van der Waals surface area (Å²) >= 11 is 0. The Morgan fingerprint density at radius 3 is 2.45 bits per heavy atom. The molecule has 0 heterocycles. The lowest BCUT2D eigenvalue weighted by Crippen LogP contribution is -2.42. The Morgan fingerprint density at radius 2 is 1.90 bits per heavy atom. The van der Waals surface area contributed by atoms with Gasteiger partial charge in [0.25, 0.3) is 0 Å². The molecule has 0 spiro atoms. The van der Waals surface area contributed by atoms with E-state index in [1.54, 1.807) is 0 Å². The molecule has 0 saturated heterocycles. The second kappa shape index (κ2) is 7.68. The highest BCUT2D eigenvalue weighted by Crippen LogP contribution is 2.26. The number of rotatable bonds is 8. The van der Waals surface area contributed by atoms with E-state index < -0.39 is 0 Å². The Hall–Kier alpha value is -1.02. The first-order valence-corrected chi connectivity index (χ1v) is 7.91. The zero-order valence-corrected chi connectivity index (χ0v) is 14.0. The molecule has 0 aliphatic rings. The Bertz CT molecular complexity index is 414. The second-order valence-corrected chi connectivity index (χ2v) is 6.32. The Morgan fingerprint density at radius 1 is 1.20 bits per heavy atom. The fourth-order valence-electron chi connectivity index (χ4n) is 2.22. The molecule has 2 heteroatoms. The van der Waals surface area contributed by atoms with Crippen LogP contribution < -0.4 is 10.1 Å². The lowest BCUT2D eigenvalue weighted by Gasteiger charge is -2.30. The maximum absolute atomic E-state index is 6.31. The number of benzene rings is 1. The zero-order valence-electron chi connectivity index (χ0n) is 14.0. The maximum Gasteiger partial charge on any atom is 0.120 e. The largest absolute Gasteiger partial charge is 0.486 e. The second-order valence-electron chi connectivity index (χ2n) is 6.32. The number of hydrogen-bond acceptors (Lipinski definition) is 2. The van der Waals surface area contributed by atoms with Crippen molar-refractivity contribution in [1.82, 2.24) is 5.32 Å². The normalized spacial score (nSPS) is 14.3. The third kappa shape index (κ3) is 5.16. The predicted molar refractivity (Wildman–Crippen MR) is 87.8 cm³/mol. The van der Waals surface area contributed by atoms with Crippen LogP contribution in [0.25, 0.3) is 0 Å². The van der Waals surface area contributed by atoms with E-state index in [9.17, 15) is 0 Å². The SMILES string of the molecule is CCCNCC(C)(CC)Oc1cc(C)cc(C(C)C)c1. The zero-order chi connectivity index (χ0) is 15.2. The van der Waals surface area contributed by atoms with Gasteiger partial charge in [-0.3, -0.25) is 0 Å². The van der Waals surface area contributed by atoms with E-state index in [4.69, 9.17) is 4.74 Å². The van der Waals surface area contributed by atoms with Crippen LogP contribution >= 0.6 is 0 Å². The van der Waals surface area contributed by atoms with Crippen molar-refractivity contribution in [2.45, 2.75) is 65.9 Å². The monoisotopic (exact) mass is 277 g/mol. The molecule has 1 unspecified atom stereocenters. The van der Waals surface area contributed by atoms with E-state index in [1.807, 2.05) is 0 Å². The van der Waals surface area contributed by atoms with Crippen LogP contribution in [0.5, 0.6) is 5.75 Å².